The van der Waals surface area contributed by atoms with Crippen LogP contribution in [0.25, 0.3) is 0 Å². The molecule has 1 aromatic carbocycles. The van der Waals surface area contributed by atoms with Gasteiger partial charge < -0.3 is 15.2 Å². The average Bonchev–Trinajstić information content (AvgIpc) is 3.12. The molecule has 1 saturated heterocycles. The van der Waals surface area contributed by atoms with Crippen LogP contribution in [-0.4, -0.2) is 30.4 Å². The number of aliphatic hydroxyl groups excluding tert-OH is 1. The van der Waals surface area contributed by atoms with E-state index in [1.54, 1.807) is 0 Å². The van der Waals surface area contributed by atoms with E-state index >= 15 is 0 Å². The van der Waals surface area contributed by atoms with Crippen molar-refractivity contribution >= 4 is 0 Å². The smallest absolute Gasteiger partial charge is 0.122 e. The lowest BCUT2D eigenvalue weighted by Crippen LogP contribution is -2.36. The summed E-state index contributed by atoms with van der Waals surface area (Å²) < 4.78 is 6.25. The second-order valence-corrected chi connectivity index (χ2v) is 7.41. The first-order valence-electron chi connectivity index (χ1n) is 8.66. The minimum absolute atomic E-state index is 0.111. The van der Waals surface area contributed by atoms with Crippen molar-refractivity contribution in [2.24, 2.45) is 5.41 Å². The highest BCUT2D eigenvalue weighted by Gasteiger charge is 2.43. The minimum atomic E-state index is -0.326. The van der Waals surface area contributed by atoms with E-state index in [0.29, 0.717) is 12.0 Å². The van der Waals surface area contributed by atoms with Crippen molar-refractivity contribution in [3.63, 3.8) is 0 Å². The minimum Gasteiger partial charge on any atom is -0.490 e. The third kappa shape index (κ3) is 2.89. The van der Waals surface area contributed by atoms with Gasteiger partial charge in [0, 0.05) is 24.4 Å². The number of aryl methyl sites for hydroxylation is 1. The van der Waals surface area contributed by atoms with Gasteiger partial charge in [-0.2, -0.15) is 0 Å². The Labute approximate surface area is 134 Å². The Hall–Kier alpha value is -1.06. The Balaban J connectivity index is 1.85. The van der Waals surface area contributed by atoms with Gasteiger partial charge in [-0.15, -0.1) is 0 Å². The van der Waals surface area contributed by atoms with Gasteiger partial charge in [0.25, 0.3) is 0 Å². The van der Waals surface area contributed by atoms with Crippen LogP contribution in [0.1, 0.15) is 56.6 Å². The summed E-state index contributed by atoms with van der Waals surface area (Å²) >= 11 is 0. The summed E-state index contributed by atoms with van der Waals surface area (Å²) in [6.07, 6.45) is 5.00. The van der Waals surface area contributed by atoms with E-state index in [-0.39, 0.29) is 11.5 Å². The molecular formula is C19H29NO2. The number of nitrogens with one attached hydrogen (secondary N) is 1. The maximum atomic E-state index is 10.2. The number of ether oxygens (including phenoxy) is 1. The van der Waals surface area contributed by atoms with E-state index in [9.17, 15) is 5.11 Å². The molecule has 0 spiro atoms. The molecule has 0 radical (unpaired) electrons. The van der Waals surface area contributed by atoms with Crippen LogP contribution >= 0.6 is 0 Å². The van der Waals surface area contributed by atoms with Crippen LogP contribution < -0.4 is 10.1 Å². The fourth-order valence-electron chi connectivity index (χ4n) is 3.93. The Bertz CT molecular complexity index is 522. The summed E-state index contributed by atoms with van der Waals surface area (Å²) in [7, 11) is 0. The molecule has 1 heterocycles. The number of rotatable bonds is 4. The van der Waals surface area contributed by atoms with E-state index in [1.807, 2.05) is 6.92 Å². The maximum absolute atomic E-state index is 10.2. The Morgan fingerprint density at radius 2 is 2.05 bits per heavy atom. The van der Waals surface area contributed by atoms with Gasteiger partial charge in [0.15, 0.2) is 0 Å². The maximum Gasteiger partial charge on any atom is 0.122 e. The molecule has 3 unspecified atom stereocenters. The topological polar surface area (TPSA) is 41.5 Å². The second kappa shape index (κ2) is 6.21. The lowest BCUT2D eigenvalue weighted by Gasteiger charge is -2.34. The summed E-state index contributed by atoms with van der Waals surface area (Å²) in [6, 6.07) is 6.58. The van der Waals surface area contributed by atoms with Crippen molar-refractivity contribution in [1.82, 2.24) is 5.32 Å². The van der Waals surface area contributed by atoms with Gasteiger partial charge in [0.05, 0.1) is 12.2 Å². The molecule has 3 nitrogen and oxygen atoms in total. The number of hydrogen-bond acceptors (Lipinski definition) is 3. The van der Waals surface area contributed by atoms with Crippen molar-refractivity contribution in [3.8, 4) is 5.75 Å². The zero-order chi connectivity index (χ0) is 15.7. The van der Waals surface area contributed by atoms with Crippen LogP contribution in [0.3, 0.4) is 0 Å². The highest BCUT2D eigenvalue weighted by molar-refractivity contribution is 5.39. The molecule has 2 aliphatic rings. The molecular weight excluding hydrogens is 274 g/mol. The summed E-state index contributed by atoms with van der Waals surface area (Å²) in [5.74, 6) is 1.36. The number of benzene rings is 1. The standard InChI is InChI=1S/C19H29NO2/c1-13-8-9-15(10-18(13)22-16-6-4-5-7-16)17-11-20-12-19(17,3)14(2)21/h8-10,14,16-17,20-21H,4-7,11-12H2,1-3H3. The number of hydrogen-bond donors (Lipinski definition) is 2. The second-order valence-electron chi connectivity index (χ2n) is 7.41. The fourth-order valence-corrected chi connectivity index (χ4v) is 3.93. The largest absolute Gasteiger partial charge is 0.490 e. The van der Waals surface area contributed by atoms with Gasteiger partial charge in [-0.25, -0.2) is 0 Å². The third-order valence-electron chi connectivity index (χ3n) is 5.82. The molecule has 0 bridgehead atoms. The van der Waals surface area contributed by atoms with Gasteiger partial charge in [0.2, 0.25) is 0 Å². The zero-order valence-corrected chi connectivity index (χ0v) is 14.1. The lowest BCUT2D eigenvalue weighted by atomic mass is 9.72. The molecule has 22 heavy (non-hydrogen) atoms. The number of aliphatic hydroxyl groups is 1. The average molecular weight is 303 g/mol. The quantitative estimate of drug-likeness (QED) is 0.896. The molecule has 122 valence electrons. The van der Waals surface area contributed by atoms with Crippen molar-refractivity contribution in [1.29, 1.82) is 0 Å². The molecule has 1 aromatic rings. The van der Waals surface area contributed by atoms with Crippen LogP contribution in [0, 0.1) is 12.3 Å². The molecule has 3 heteroatoms. The molecule has 1 saturated carbocycles. The summed E-state index contributed by atoms with van der Waals surface area (Å²) in [5.41, 5.74) is 2.38. The predicted octanol–water partition coefficient (Wildman–Crippen LogP) is 3.39. The van der Waals surface area contributed by atoms with Gasteiger partial charge in [-0.1, -0.05) is 19.1 Å². The van der Waals surface area contributed by atoms with E-state index in [0.717, 1.165) is 18.8 Å². The van der Waals surface area contributed by atoms with Gasteiger partial charge in [-0.05, 0) is 56.7 Å². The highest BCUT2D eigenvalue weighted by atomic mass is 16.5. The predicted molar refractivity (Wildman–Crippen MR) is 89.5 cm³/mol. The molecule has 0 aromatic heterocycles. The van der Waals surface area contributed by atoms with Crippen molar-refractivity contribution in [3.05, 3.63) is 29.3 Å². The molecule has 1 aliphatic carbocycles. The van der Waals surface area contributed by atoms with Crippen LogP contribution in [0.15, 0.2) is 18.2 Å². The first-order chi connectivity index (χ1) is 10.5. The van der Waals surface area contributed by atoms with Crippen molar-refractivity contribution < 1.29 is 9.84 Å². The normalized spacial score (nSPS) is 30.6. The van der Waals surface area contributed by atoms with Gasteiger partial charge in [-0.3, -0.25) is 0 Å². The highest BCUT2D eigenvalue weighted by Crippen LogP contribution is 2.43. The van der Waals surface area contributed by atoms with Crippen LogP contribution in [0.4, 0.5) is 0 Å². The van der Waals surface area contributed by atoms with E-state index < -0.39 is 0 Å². The summed E-state index contributed by atoms with van der Waals surface area (Å²) in [5, 5.41) is 13.7. The summed E-state index contributed by atoms with van der Waals surface area (Å²) in [4.78, 5) is 0. The van der Waals surface area contributed by atoms with E-state index in [2.05, 4.69) is 37.4 Å². The van der Waals surface area contributed by atoms with Gasteiger partial charge >= 0.3 is 0 Å². The first kappa shape index (κ1) is 15.8. The summed E-state index contributed by atoms with van der Waals surface area (Å²) in [6.45, 7) is 7.99. The van der Waals surface area contributed by atoms with Crippen LogP contribution in [-0.2, 0) is 0 Å². The Morgan fingerprint density at radius 1 is 1.32 bits per heavy atom. The zero-order valence-electron chi connectivity index (χ0n) is 14.1. The molecule has 2 N–H and O–H groups in total. The first-order valence-corrected chi connectivity index (χ1v) is 8.66. The lowest BCUT2D eigenvalue weighted by molar-refractivity contribution is 0.0548. The SMILES string of the molecule is Cc1ccc(C2CNCC2(C)C(C)O)cc1OC1CCCC1. The molecule has 3 rings (SSSR count). The fraction of sp³-hybridized carbons (Fsp3) is 0.684. The van der Waals surface area contributed by atoms with Crippen molar-refractivity contribution in [2.75, 3.05) is 13.1 Å². The molecule has 3 atom stereocenters. The Morgan fingerprint density at radius 3 is 2.73 bits per heavy atom. The Kier molecular flexibility index (Phi) is 4.47. The third-order valence-corrected chi connectivity index (χ3v) is 5.82. The van der Waals surface area contributed by atoms with E-state index in [1.165, 1.54) is 36.8 Å². The van der Waals surface area contributed by atoms with E-state index in [4.69, 9.17) is 4.74 Å². The molecule has 1 aliphatic heterocycles. The van der Waals surface area contributed by atoms with Crippen molar-refractivity contribution in [2.45, 2.75) is 64.6 Å². The molecule has 2 fully saturated rings. The van der Waals surface area contributed by atoms with Crippen LogP contribution in [0.2, 0.25) is 0 Å². The van der Waals surface area contributed by atoms with Gasteiger partial charge in [0.1, 0.15) is 5.75 Å². The monoisotopic (exact) mass is 303 g/mol. The molecule has 0 amide bonds. The van der Waals surface area contributed by atoms with Crippen LogP contribution in [0.5, 0.6) is 5.75 Å².